The predicted molar refractivity (Wildman–Crippen MR) is 130 cm³/mol. The van der Waals surface area contributed by atoms with Crippen molar-refractivity contribution in [2.24, 2.45) is 11.8 Å². The molecule has 2 aromatic carbocycles. The first-order chi connectivity index (χ1) is 16.4. The van der Waals surface area contributed by atoms with Crippen LogP contribution in [0, 0.1) is 11.8 Å². The summed E-state index contributed by atoms with van der Waals surface area (Å²) in [7, 11) is 0. The average molecular weight is 463 g/mol. The first kappa shape index (κ1) is 23.1. The van der Waals surface area contributed by atoms with Gasteiger partial charge in [-0.2, -0.15) is 0 Å². The fourth-order valence-corrected chi connectivity index (χ4v) is 6.12. The number of carbonyl (C=O) groups excluding carboxylic acids is 2. The monoisotopic (exact) mass is 462 g/mol. The Balaban J connectivity index is 1.43. The van der Waals surface area contributed by atoms with Gasteiger partial charge >= 0.3 is 5.97 Å². The van der Waals surface area contributed by atoms with Gasteiger partial charge in [0.25, 0.3) is 5.91 Å². The molecule has 3 aliphatic rings. The second-order valence-corrected chi connectivity index (χ2v) is 10.4. The van der Waals surface area contributed by atoms with E-state index in [1.54, 1.807) is 6.07 Å². The molecule has 1 aliphatic heterocycles. The van der Waals surface area contributed by atoms with Gasteiger partial charge in [0.2, 0.25) is 0 Å². The van der Waals surface area contributed by atoms with Gasteiger partial charge < -0.3 is 20.1 Å². The first-order valence-electron chi connectivity index (χ1n) is 12.5. The van der Waals surface area contributed by atoms with E-state index in [1.807, 2.05) is 42.5 Å². The van der Waals surface area contributed by atoms with E-state index in [0.717, 1.165) is 44.0 Å². The Bertz CT molecular complexity index is 1040. The molecule has 0 bridgehead atoms. The number of aliphatic hydroxyl groups is 1. The Labute approximate surface area is 201 Å². The summed E-state index contributed by atoms with van der Waals surface area (Å²) in [6.45, 7) is 4.34. The van der Waals surface area contributed by atoms with Crippen molar-refractivity contribution in [3.8, 4) is 5.75 Å². The minimum absolute atomic E-state index is 0.0671. The van der Waals surface area contributed by atoms with Crippen LogP contribution in [-0.4, -0.2) is 53.7 Å². The number of amides is 1. The minimum atomic E-state index is -0.519. The molecule has 0 aromatic heterocycles. The van der Waals surface area contributed by atoms with E-state index in [2.05, 4.69) is 16.3 Å². The maximum Gasteiger partial charge on any atom is 0.308 e. The largest absolute Gasteiger partial charge is 0.427 e. The topological polar surface area (TPSA) is 78.9 Å². The molecule has 2 aliphatic carbocycles. The number of esters is 1. The van der Waals surface area contributed by atoms with Gasteiger partial charge in [-0.3, -0.25) is 9.59 Å². The number of benzene rings is 2. The van der Waals surface area contributed by atoms with Crippen molar-refractivity contribution in [3.63, 3.8) is 0 Å². The lowest BCUT2D eigenvalue weighted by molar-refractivity contribution is -0.131. The van der Waals surface area contributed by atoms with Crippen molar-refractivity contribution in [1.82, 2.24) is 10.2 Å². The van der Waals surface area contributed by atoms with Crippen molar-refractivity contribution >= 4 is 11.9 Å². The molecule has 2 aromatic rings. The molecule has 34 heavy (non-hydrogen) atoms. The Morgan fingerprint density at radius 3 is 2.68 bits per heavy atom. The smallest absolute Gasteiger partial charge is 0.308 e. The van der Waals surface area contributed by atoms with Gasteiger partial charge in [-0.05, 0) is 74.4 Å². The zero-order valence-corrected chi connectivity index (χ0v) is 19.8. The summed E-state index contributed by atoms with van der Waals surface area (Å²) in [4.78, 5) is 27.0. The molecule has 1 unspecified atom stereocenters. The maximum absolute atomic E-state index is 12.9. The van der Waals surface area contributed by atoms with Gasteiger partial charge in [0.1, 0.15) is 5.75 Å². The SMILES string of the molecule is CC(=O)Oc1cccc([C@@]23CCN(CC4CC4)C[C@H]2C(O)C[C@@H](NC(=O)c2ccccc2)C3)c1. The molecule has 1 heterocycles. The Morgan fingerprint density at radius 2 is 1.94 bits per heavy atom. The van der Waals surface area contributed by atoms with Crippen LogP contribution in [-0.2, 0) is 10.2 Å². The fraction of sp³-hybridized carbons (Fsp3) is 0.500. The summed E-state index contributed by atoms with van der Waals surface area (Å²) >= 11 is 0. The molecule has 0 spiro atoms. The summed E-state index contributed by atoms with van der Waals surface area (Å²) in [5, 5.41) is 14.6. The second kappa shape index (κ2) is 9.51. The first-order valence-corrected chi connectivity index (χ1v) is 12.5. The molecule has 6 heteroatoms. The normalized spacial score (nSPS) is 29.2. The van der Waals surface area contributed by atoms with Gasteiger partial charge in [-0.25, -0.2) is 0 Å². The lowest BCUT2D eigenvalue weighted by Gasteiger charge is -2.55. The molecule has 2 saturated carbocycles. The van der Waals surface area contributed by atoms with E-state index in [0.29, 0.717) is 17.7 Å². The minimum Gasteiger partial charge on any atom is -0.427 e. The molecule has 1 saturated heterocycles. The highest BCUT2D eigenvalue weighted by atomic mass is 16.5. The number of likely N-dealkylation sites (tertiary alicyclic amines) is 1. The predicted octanol–water partition coefficient (Wildman–Crippen LogP) is 3.53. The van der Waals surface area contributed by atoms with E-state index in [1.165, 1.54) is 19.8 Å². The van der Waals surface area contributed by atoms with Crippen molar-refractivity contribution in [1.29, 1.82) is 0 Å². The van der Waals surface area contributed by atoms with Gasteiger partial charge in [0.15, 0.2) is 0 Å². The van der Waals surface area contributed by atoms with Gasteiger partial charge in [0.05, 0.1) is 6.10 Å². The molecule has 6 nitrogen and oxygen atoms in total. The second-order valence-electron chi connectivity index (χ2n) is 10.4. The van der Waals surface area contributed by atoms with E-state index < -0.39 is 6.10 Å². The molecule has 4 atom stereocenters. The third kappa shape index (κ3) is 4.89. The van der Waals surface area contributed by atoms with Crippen molar-refractivity contribution < 1.29 is 19.4 Å². The number of nitrogens with one attached hydrogen (secondary N) is 1. The van der Waals surface area contributed by atoms with Crippen LogP contribution in [0.4, 0.5) is 0 Å². The third-order valence-electron chi connectivity index (χ3n) is 7.89. The van der Waals surface area contributed by atoms with Crippen LogP contribution in [0.1, 0.15) is 54.9 Å². The van der Waals surface area contributed by atoms with Crippen LogP contribution in [0.5, 0.6) is 5.75 Å². The van der Waals surface area contributed by atoms with E-state index in [-0.39, 0.29) is 29.3 Å². The Hall–Kier alpha value is -2.70. The molecule has 3 fully saturated rings. The third-order valence-corrected chi connectivity index (χ3v) is 7.89. The quantitative estimate of drug-likeness (QED) is 0.507. The standard InChI is InChI=1S/C28H34N2O4/c1-19(31)34-24-9-5-8-22(14-24)28-12-13-30(17-20-10-11-20)18-25(28)26(32)15-23(16-28)29-27(33)21-6-3-2-4-7-21/h2-9,14,20,23,25-26,32H,10-13,15-18H2,1H3,(H,29,33)/t23-,25+,26?,28+/m1/s1. The van der Waals surface area contributed by atoms with Crippen LogP contribution < -0.4 is 10.1 Å². The number of fused-ring (bicyclic) bond motifs is 1. The number of ether oxygens (including phenoxy) is 1. The van der Waals surface area contributed by atoms with Gasteiger partial charge in [-0.15, -0.1) is 0 Å². The highest BCUT2D eigenvalue weighted by molar-refractivity contribution is 5.94. The van der Waals surface area contributed by atoms with Crippen LogP contribution in [0.25, 0.3) is 0 Å². The molecular weight excluding hydrogens is 428 g/mol. The van der Waals surface area contributed by atoms with Gasteiger partial charge in [0, 0.05) is 43.0 Å². The molecule has 5 rings (SSSR count). The van der Waals surface area contributed by atoms with E-state index >= 15 is 0 Å². The Kier molecular flexibility index (Phi) is 6.45. The highest BCUT2D eigenvalue weighted by Gasteiger charge is 2.52. The lowest BCUT2D eigenvalue weighted by atomic mass is 9.57. The van der Waals surface area contributed by atoms with Crippen molar-refractivity contribution in [2.45, 2.75) is 56.6 Å². The van der Waals surface area contributed by atoms with Crippen molar-refractivity contribution in [2.75, 3.05) is 19.6 Å². The summed E-state index contributed by atoms with van der Waals surface area (Å²) < 4.78 is 5.40. The van der Waals surface area contributed by atoms with E-state index in [4.69, 9.17) is 4.74 Å². The molecule has 180 valence electrons. The maximum atomic E-state index is 12.9. The summed E-state index contributed by atoms with van der Waals surface area (Å²) in [6, 6.07) is 16.9. The fourth-order valence-electron chi connectivity index (χ4n) is 6.12. The highest BCUT2D eigenvalue weighted by Crippen LogP contribution is 2.50. The van der Waals surface area contributed by atoms with E-state index in [9.17, 15) is 14.7 Å². The number of rotatable bonds is 6. The van der Waals surface area contributed by atoms with Crippen molar-refractivity contribution in [3.05, 3.63) is 65.7 Å². The zero-order valence-electron chi connectivity index (χ0n) is 19.8. The summed E-state index contributed by atoms with van der Waals surface area (Å²) in [5.41, 5.74) is 1.42. The van der Waals surface area contributed by atoms with Crippen LogP contribution in [0.2, 0.25) is 0 Å². The molecule has 0 radical (unpaired) electrons. The lowest BCUT2D eigenvalue weighted by Crippen LogP contribution is -2.61. The summed E-state index contributed by atoms with van der Waals surface area (Å²) in [5.74, 6) is 0.952. The molecule has 1 amide bonds. The van der Waals surface area contributed by atoms with Crippen LogP contribution in [0.3, 0.4) is 0 Å². The number of carbonyl (C=O) groups is 2. The number of hydrogen-bond donors (Lipinski definition) is 2. The van der Waals surface area contributed by atoms with Crippen LogP contribution >= 0.6 is 0 Å². The van der Waals surface area contributed by atoms with Gasteiger partial charge in [-0.1, -0.05) is 30.3 Å². The number of nitrogens with zero attached hydrogens (tertiary/aromatic N) is 1. The number of hydrogen-bond acceptors (Lipinski definition) is 5. The molecule has 2 N–H and O–H groups in total. The summed E-state index contributed by atoms with van der Waals surface area (Å²) in [6.07, 6.45) is 4.32. The number of aliphatic hydroxyl groups excluding tert-OH is 1. The Morgan fingerprint density at radius 1 is 1.15 bits per heavy atom. The zero-order chi connectivity index (χ0) is 23.7. The van der Waals surface area contributed by atoms with Crippen LogP contribution in [0.15, 0.2) is 54.6 Å². The average Bonchev–Trinajstić information content (AvgIpc) is 3.64. The number of piperidine rings is 1. The molecular formula is C28H34N2O4.